The van der Waals surface area contributed by atoms with E-state index in [9.17, 15) is 0 Å². The summed E-state index contributed by atoms with van der Waals surface area (Å²) >= 11 is 4.36. The van der Waals surface area contributed by atoms with Gasteiger partial charge in [0.2, 0.25) is 0 Å². The van der Waals surface area contributed by atoms with Crippen LogP contribution in [0.2, 0.25) is 0 Å². The van der Waals surface area contributed by atoms with Crippen LogP contribution in [0.4, 0.5) is 0 Å². The standard InChI is InChI=1S/C15H24OS/c1-13(2)15(12-17)11-16-10-6-9-14-7-4-3-5-8-14/h3-5,7-8,13,15,17H,6,9-12H2,1-2H3. The van der Waals surface area contributed by atoms with Crippen LogP contribution >= 0.6 is 12.6 Å². The quantitative estimate of drug-likeness (QED) is 0.546. The van der Waals surface area contributed by atoms with Crippen molar-refractivity contribution in [1.29, 1.82) is 0 Å². The van der Waals surface area contributed by atoms with Gasteiger partial charge in [-0.2, -0.15) is 12.6 Å². The molecule has 0 saturated heterocycles. The minimum atomic E-state index is 0.579. The summed E-state index contributed by atoms with van der Waals surface area (Å²) in [5.41, 5.74) is 1.39. The first-order chi connectivity index (χ1) is 8.24. The SMILES string of the molecule is CC(C)C(CS)COCCCc1ccccc1. The highest BCUT2D eigenvalue weighted by Gasteiger charge is 2.10. The van der Waals surface area contributed by atoms with Crippen molar-refractivity contribution >= 4 is 12.6 Å². The molecule has 0 bridgehead atoms. The maximum Gasteiger partial charge on any atom is 0.0504 e. The number of benzene rings is 1. The molecule has 0 aliphatic rings. The van der Waals surface area contributed by atoms with Gasteiger partial charge in [-0.25, -0.2) is 0 Å². The van der Waals surface area contributed by atoms with Crippen molar-refractivity contribution in [2.45, 2.75) is 26.7 Å². The van der Waals surface area contributed by atoms with Crippen LogP contribution in [0.5, 0.6) is 0 Å². The fourth-order valence-electron chi connectivity index (χ4n) is 1.71. The monoisotopic (exact) mass is 252 g/mol. The van der Waals surface area contributed by atoms with Gasteiger partial charge in [-0.3, -0.25) is 0 Å². The van der Waals surface area contributed by atoms with Crippen LogP contribution < -0.4 is 0 Å². The molecule has 1 atom stereocenters. The van der Waals surface area contributed by atoms with Crippen LogP contribution in [0, 0.1) is 11.8 Å². The lowest BCUT2D eigenvalue weighted by molar-refractivity contribution is 0.0900. The Morgan fingerprint density at radius 3 is 2.47 bits per heavy atom. The first kappa shape index (κ1) is 14.6. The van der Waals surface area contributed by atoms with Gasteiger partial charge < -0.3 is 4.74 Å². The fraction of sp³-hybridized carbons (Fsp3) is 0.600. The summed E-state index contributed by atoms with van der Waals surface area (Å²) in [7, 11) is 0. The van der Waals surface area contributed by atoms with E-state index in [0.29, 0.717) is 11.8 Å². The number of rotatable bonds is 8. The highest BCUT2D eigenvalue weighted by molar-refractivity contribution is 7.80. The van der Waals surface area contributed by atoms with Gasteiger partial charge in [0, 0.05) is 6.61 Å². The molecule has 0 fully saturated rings. The third-order valence-corrected chi connectivity index (χ3v) is 3.58. The molecular formula is C15H24OS. The number of ether oxygens (including phenoxy) is 1. The van der Waals surface area contributed by atoms with Crippen molar-refractivity contribution in [2.24, 2.45) is 11.8 Å². The van der Waals surface area contributed by atoms with Gasteiger partial charge in [-0.05, 0) is 36.0 Å². The zero-order valence-electron chi connectivity index (χ0n) is 10.9. The topological polar surface area (TPSA) is 9.23 Å². The molecule has 0 aliphatic carbocycles. The van der Waals surface area contributed by atoms with Crippen molar-refractivity contribution in [1.82, 2.24) is 0 Å². The molecule has 0 amide bonds. The van der Waals surface area contributed by atoms with Crippen molar-refractivity contribution in [3.8, 4) is 0 Å². The van der Waals surface area contributed by atoms with E-state index in [1.165, 1.54) is 5.56 Å². The van der Waals surface area contributed by atoms with Gasteiger partial charge in [0.15, 0.2) is 0 Å². The maximum absolute atomic E-state index is 5.72. The normalized spacial score (nSPS) is 12.9. The van der Waals surface area contributed by atoms with Crippen molar-refractivity contribution in [3.05, 3.63) is 35.9 Å². The molecule has 17 heavy (non-hydrogen) atoms. The zero-order valence-corrected chi connectivity index (χ0v) is 11.8. The summed E-state index contributed by atoms with van der Waals surface area (Å²) in [5.74, 6) is 2.15. The second-order valence-electron chi connectivity index (χ2n) is 4.85. The van der Waals surface area contributed by atoms with E-state index < -0.39 is 0 Å². The predicted molar refractivity (Wildman–Crippen MR) is 77.8 cm³/mol. The first-order valence-electron chi connectivity index (χ1n) is 6.46. The van der Waals surface area contributed by atoms with E-state index in [1.54, 1.807) is 0 Å². The van der Waals surface area contributed by atoms with Gasteiger partial charge in [0.1, 0.15) is 0 Å². The van der Waals surface area contributed by atoms with Crippen LogP contribution in [-0.4, -0.2) is 19.0 Å². The van der Waals surface area contributed by atoms with Crippen LogP contribution in [0.1, 0.15) is 25.8 Å². The van der Waals surface area contributed by atoms with Gasteiger partial charge >= 0.3 is 0 Å². The smallest absolute Gasteiger partial charge is 0.0504 e. The molecule has 0 heterocycles. The van der Waals surface area contributed by atoms with Gasteiger partial charge in [-0.15, -0.1) is 0 Å². The fourth-order valence-corrected chi connectivity index (χ4v) is 2.24. The van der Waals surface area contributed by atoms with Crippen molar-refractivity contribution < 1.29 is 4.74 Å². The van der Waals surface area contributed by atoms with Crippen LogP contribution in [0.25, 0.3) is 0 Å². The van der Waals surface area contributed by atoms with E-state index in [2.05, 4.69) is 56.8 Å². The lowest BCUT2D eigenvalue weighted by Gasteiger charge is -2.18. The Labute approximate surface area is 111 Å². The molecular weight excluding hydrogens is 228 g/mol. The highest BCUT2D eigenvalue weighted by Crippen LogP contribution is 2.13. The van der Waals surface area contributed by atoms with Gasteiger partial charge in [0.05, 0.1) is 6.61 Å². The summed E-state index contributed by atoms with van der Waals surface area (Å²) in [6, 6.07) is 10.6. The summed E-state index contributed by atoms with van der Waals surface area (Å²) < 4.78 is 5.72. The Balaban J connectivity index is 2.08. The second kappa shape index (κ2) is 8.60. The molecule has 0 aliphatic heterocycles. The molecule has 1 aromatic carbocycles. The molecule has 1 rings (SSSR count). The van der Waals surface area contributed by atoms with Crippen molar-refractivity contribution in [2.75, 3.05) is 19.0 Å². The van der Waals surface area contributed by atoms with Crippen LogP contribution in [0.3, 0.4) is 0 Å². The van der Waals surface area contributed by atoms with Crippen LogP contribution in [0.15, 0.2) is 30.3 Å². The van der Waals surface area contributed by atoms with Crippen molar-refractivity contribution in [3.63, 3.8) is 0 Å². The molecule has 1 aromatic rings. The van der Waals surface area contributed by atoms with E-state index in [4.69, 9.17) is 4.74 Å². The molecule has 0 N–H and O–H groups in total. The number of thiol groups is 1. The van der Waals surface area contributed by atoms with Gasteiger partial charge in [0.25, 0.3) is 0 Å². The average molecular weight is 252 g/mol. The number of hydrogen-bond acceptors (Lipinski definition) is 2. The molecule has 0 saturated carbocycles. The molecule has 96 valence electrons. The molecule has 1 nitrogen and oxygen atoms in total. The summed E-state index contributed by atoms with van der Waals surface area (Å²) in [4.78, 5) is 0. The van der Waals surface area contributed by atoms with E-state index in [0.717, 1.165) is 31.8 Å². The molecule has 0 spiro atoms. The first-order valence-corrected chi connectivity index (χ1v) is 7.09. The Hall–Kier alpha value is -0.470. The third kappa shape index (κ3) is 6.13. The Bertz CT molecular complexity index is 284. The second-order valence-corrected chi connectivity index (χ2v) is 5.22. The Morgan fingerprint density at radius 1 is 1.18 bits per heavy atom. The molecule has 0 aromatic heterocycles. The lowest BCUT2D eigenvalue weighted by Crippen LogP contribution is -2.18. The van der Waals surface area contributed by atoms with E-state index in [-0.39, 0.29) is 0 Å². The molecule has 2 heteroatoms. The molecule has 1 unspecified atom stereocenters. The summed E-state index contributed by atoms with van der Waals surface area (Å²) in [6.07, 6.45) is 2.20. The Morgan fingerprint density at radius 2 is 1.88 bits per heavy atom. The largest absolute Gasteiger partial charge is 0.381 e. The summed E-state index contributed by atoms with van der Waals surface area (Å²) in [6.45, 7) is 6.16. The highest BCUT2D eigenvalue weighted by atomic mass is 32.1. The predicted octanol–water partition coefficient (Wildman–Crippen LogP) is 3.84. The zero-order chi connectivity index (χ0) is 12.5. The number of aryl methyl sites for hydroxylation is 1. The minimum Gasteiger partial charge on any atom is -0.381 e. The molecule has 0 radical (unpaired) electrons. The Kier molecular flexibility index (Phi) is 7.38. The maximum atomic E-state index is 5.72. The van der Waals surface area contributed by atoms with Gasteiger partial charge in [-0.1, -0.05) is 44.2 Å². The average Bonchev–Trinajstić information content (AvgIpc) is 2.34. The van der Waals surface area contributed by atoms with E-state index in [1.807, 2.05) is 0 Å². The summed E-state index contributed by atoms with van der Waals surface area (Å²) in [5, 5.41) is 0. The lowest BCUT2D eigenvalue weighted by atomic mass is 9.99. The minimum absolute atomic E-state index is 0.579. The number of hydrogen-bond donors (Lipinski definition) is 1. The van der Waals surface area contributed by atoms with Crippen LogP contribution in [-0.2, 0) is 11.2 Å². The third-order valence-electron chi connectivity index (χ3n) is 3.11. The van der Waals surface area contributed by atoms with E-state index >= 15 is 0 Å².